The van der Waals surface area contributed by atoms with Gasteiger partial charge >= 0.3 is 68.9 Å². The fourth-order valence-electron chi connectivity index (χ4n) is 0. The molecule has 7 heteroatoms. The molecule has 0 unspecified atom stereocenters. The molecule has 0 radical (unpaired) electrons. The fraction of sp³-hybridized carbons (Fsp3) is 0. The fourth-order valence-corrected chi connectivity index (χ4v) is 0. The van der Waals surface area contributed by atoms with E-state index in [0.717, 1.165) is 0 Å². The predicted molar refractivity (Wildman–Crippen MR) is 45.1 cm³/mol. The Morgan fingerprint density at radius 2 is 1.56 bits per heavy atom. The Morgan fingerprint density at radius 3 is 1.56 bits per heavy atom. The molecule has 0 saturated carbocycles. The van der Waals surface area contributed by atoms with E-state index in [1.54, 1.807) is 0 Å². The molecule has 0 aromatic rings. The molecule has 9 heavy (non-hydrogen) atoms. The second-order valence-corrected chi connectivity index (χ2v) is 0.755. The quantitative estimate of drug-likeness (QED) is 0.199. The van der Waals surface area contributed by atoms with Crippen molar-refractivity contribution in [2.45, 2.75) is 0 Å². The summed E-state index contributed by atoms with van der Waals surface area (Å²) in [7, 11) is 0. The molecule has 0 atom stereocenters. The van der Waals surface area contributed by atoms with Crippen LogP contribution in [0.3, 0.4) is 0 Å². The first-order valence-electron chi connectivity index (χ1n) is 1.27. The van der Waals surface area contributed by atoms with Crippen LogP contribution in [0.1, 0.15) is 0 Å². The summed E-state index contributed by atoms with van der Waals surface area (Å²) in [4.78, 5) is 0. The van der Waals surface area contributed by atoms with Gasteiger partial charge in [-0.2, -0.15) is 5.26 Å². The number of rotatable bonds is 0. The van der Waals surface area contributed by atoms with Crippen molar-refractivity contribution in [3.63, 3.8) is 0 Å². The molecule has 0 aliphatic carbocycles. The number of nitriles is 1. The van der Waals surface area contributed by atoms with Crippen LogP contribution in [0.2, 0.25) is 0 Å². The zero-order valence-electron chi connectivity index (χ0n) is 3.96. The average molecular weight is 289 g/mol. The van der Waals surface area contributed by atoms with Crippen LogP contribution >= 0.6 is 25.0 Å². The van der Waals surface area contributed by atoms with Crippen LogP contribution in [0.4, 0.5) is 0 Å². The number of halogens is 1. The van der Waals surface area contributed by atoms with E-state index in [0.29, 0.717) is 0 Å². The van der Waals surface area contributed by atoms with Gasteiger partial charge in [0.2, 0.25) is 0 Å². The summed E-state index contributed by atoms with van der Waals surface area (Å²) in [5, 5.41) is 14.7. The third-order valence-electron chi connectivity index (χ3n) is 0. The van der Waals surface area contributed by atoms with Gasteiger partial charge in [-0.3, -0.25) is 5.41 Å². The molecule has 50 valence electrons. The average Bonchev–Trinajstić information content (AvgIpc) is 1.33. The van der Waals surface area contributed by atoms with Crippen molar-refractivity contribution in [2.24, 2.45) is 11.5 Å². The molecule has 0 bridgehead atoms. The normalized spacial score (nSPS) is 3.56. The molecule has 0 saturated heterocycles. The van der Waals surface area contributed by atoms with E-state index in [1.165, 1.54) is 5.40 Å². The number of thiocyanates is 1. The molecule has 0 aliphatic rings. The SMILES string of the molecule is Cl.N#CS.N=C(N)N.[CsH]. The van der Waals surface area contributed by atoms with Crippen LogP contribution in [0.5, 0.6) is 0 Å². The molecule has 0 aliphatic heterocycles. The maximum absolute atomic E-state index is 7.18. The first-order chi connectivity index (χ1) is 3.15. The van der Waals surface area contributed by atoms with Gasteiger partial charge in [-0.1, -0.05) is 12.6 Å². The summed E-state index contributed by atoms with van der Waals surface area (Å²) < 4.78 is 0. The van der Waals surface area contributed by atoms with Crippen molar-refractivity contribution >= 4 is 99.9 Å². The molecule has 0 amide bonds. The third-order valence-corrected chi connectivity index (χ3v) is 0. The summed E-state index contributed by atoms with van der Waals surface area (Å²) >= 11 is 3.09. The van der Waals surface area contributed by atoms with Gasteiger partial charge in [0, 0.05) is 0 Å². The van der Waals surface area contributed by atoms with Gasteiger partial charge in [0.05, 0.1) is 0 Å². The van der Waals surface area contributed by atoms with Crippen molar-refractivity contribution in [3.8, 4) is 5.40 Å². The van der Waals surface area contributed by atoms with Crippen LogP contribution in [0.15, 0.2) is 0 Å². The Balaban J connectivity index is -0.0000000233. The molecule has 5 N–H and O–H groups in total. The van der Waals surface area contributed by atoms with Crippen LogP contribution < -0.4 is 11.5 Å². The molecule has 0 rings (SSSR count). The number of thiol groups is 1. The predicted octanol–water partition coefficient (Wildman–Crippen LogP) is -0.991. The Labute approximate surface area is 124 Å². The molecule has 4 nitrogen and oxygen atoms in total. The summed E-state index contributed by atoms with van der Waals surface area (Å²) in [5.41, 5.74) is 8.94. The topological polar surface area (TPSA) is 99.7 Å². The second kappa shape index (κ2) is 22.7. The van der Waals surface area contributed by atoms with Gasteiger partial charge in [0.1, 0.15) is 5.40 Å². The van der Waals surface area contributed by atoms with Crippen molar-refractivity contribution < 1.29 is 0 Å². The van der Waals surface area contributed by atoms with Crippen molar-refractivity contribution in [1.29, 1.82) is 10.7 Å². The number of nitrogens with one attached hydrogen (secondary N) is 1. The van der Waals surface area contributed by atoms with E-state index in [1.807, 2.05) is 0 Å². The first-order valence-corrected chi connectivity index (χ1v) is 1.72. The van der Waals surface area contributed by atoms with Gasteiger partial charge in [-0.15, -0.1) is 12.4 Å². The zero-order valence-corrected chi connectivity index (χ0v) is 5.67. The Kier molecular flexibility index (Phi) is 56.6. The number of hydrogen-bond acceptors (Lipinski definition) is 3. The summed E-state index contributed by atoms with van der Waals surface area (Å²) in [6, 6.07) is 0. The van der Waals surface area contributed by atoms with Crippen molar-refractivity contribution in [3.05, 3.63) is 0 Å². The Bertz CT molecular complexity index is 87.1. The summed E-state index contributed by atoms with van der Waals surface area (Å²) in [6.07, 6.45) is 0. The minimum atomic E-state index is -0.333. The van der Waals surface area contributed by atoms with Gasteiger partial charge in [-0.05, 0) is 0 Å². The van der Waals surface area contributed by atoms with Gasteiger partial charge in [-0.25, -0.2) is 0 Å². The van der Waals surface area contributed by atoms with E-state index in [-0.39, 0.29) is 87.3 Å². The number of nitrogens with two attached hydrogens (primary N) is 2. The first kappa shape index (κ1) is 22.4. The molecular formula is C2H8ClCsN4S. The van der Waals surface area contributed by atoms with Crippen LogP contribution in [0.25, 0.3) is 0 Å². The van der Waals surface area contributed by atoms with E-state index < -0.39 is 0 Å². The van der Waals surface area contributed by atoms with Crippen LogP contribution in [-0.2, 0) is 0 Å². The number of guanidine groups is 1. The van der Waals surface area contributed by atoms with Crippen LogP contribution in [0, 0.1) is 16.1 Å². The van der Waals surface area contributed by atoms with Crippen LogP contribution in [-0.4, -0.2) is 74.9 Å². The molecular weight excluding hydrogens is 280 g/mol. The van der Waals surface area contributed by atoms with E-state index in [2.05, 4.69) is 24.1 Å². The van der Waals surface area contributed by atoms with Gasteiger partial charge in [0.15, 0.2) is 5.96 Å². The van der Waals surface area contributed by atoms with Crippen molar-refractivity contribution in [2.75, 3.05) is 0 Å². The molecule has 0 aromatic carbocycles. The zero-order chi connectivity index (χ0) is 6.28. The molecule has 0 heterocycles. The van der Waals surface area contributed by atoms with Crippen molar-refractivity contribution in [1.82, 2.24) is 0 Å². The summed E-state index contributed by atoms with van der Waals surface area (Å²) in [6.45, 7) is 0. The summed E-state index contributed by atoms with van der Waals surface area (Å²) in [5.74, 6) is -0.333. The third kappa shape index (κ3) is 249. The standard InChI is InChI=1S/CH5N3.CHNS.ClH.Cs.H/c2-1(3)4;2-1-3;;;/h(H5,2,3,4);3H;1H;;. The van der Waals surface area contributed by atoms with E-state index >= 15 is 0 Å². The monoisotopic (exact) mass is 288 g/mol. The molecule has 0 fully saturated rings. The second-order valence-electron chi connectivity index (χ2n) is 0.555. The van der Waals surface area contributed by atoms with E-state index in [9.17, 15) is 0 Å². The van der Waals surface area contributed by atoms with E-state index in [4.69, 9.17) is 10.7 Å². The molecule has 0 spiro atoms. The molecule has 0 aromatic heterocycles. The Morgan fingerprint density at radius 1 is 1.56 bits per heavy atom. The Hall–Kier alpha value is 1.45. The van der Waals surface area contributed by atoms with Gasteiger partial charge in [0.25, 0.3) is 0 Å². The van der Waals surface area contributed by atoms with Gasteiger partial charge < -0.3 is 11.5 Å². The maximum atomic E-state index is 7.18. The minimum absolute atomic E-state index is 0. The number of hydrogen-bond donors (Lipinski definition) is 4. The number of nitrogens with zero attached hydrogens (tertiary/aromatic N) is 1.